The Labute approximate surface area is 150 Å². The van der Waals surface area contributed by atoms with Crippen LogP contribution in [0, 0.1) is 0 Å². The van der Waals surface area contributed by atoms with Gasteiger partial charge in [0.15, 0.2) is 0 Å². The van der Waals surface area contributed by atoms with E-state index in [1.807, 2.05) is 0 Å². The summed E-state index contributed by atoms with van der Waals surface area (Å²) in [7, 11) is -6.21. The molecule has 7 nitrogen and oxygen atoms in total. The van der Waals surface area contributed by atoms with Crippen molar-refractivity contribution >= 4 is 32.7 Å². The third kappa shape index (κ3) is 3.04. The van der Waals surface area contributed by atoms with E-state index in [1.54, 1.807) is 6.07 Å². The first-order chi connectivity index (χ1) is 12.6. The van der Waals surface area contributed by atoms with Crippen LogP contribution in [0.15, 0.2) is 43.0 Å². The number of amides is 2. The zero-order valence-electron chi connectivity index (χ0n) is 13.3. The maximum absolute atomic E-state index is 12.6. The molecule has 142 valence electrons. The van der Waals surface area contributed by atoms with Gasteiger partial charge in [-0.3, -0.25) is 9.59 Å². The fourth-order valence-corrected chi connectivity index (χ4v) is 2.95. The molecular weight excluding hydrogens is 391 g/mol. The Morgan fingerprint density at radius 2 is 1.70 bits per heavy atom. The highest BCUT2D eigenvalue weighted by Crippen LogP contribution is 2.36. The Morgan fingerprint density at radius 3 is 2.30 bits per heavy atom. The van der Waals surface area contributed by atoms with Crippen LogP contribution in [0.2, 0.25) is 0 Å². The summed E-state index contributed by atoms with van der Waals surface area (Å²) in [5.74, 6) is -2.37. The van der Waals surface area contributed by atoms with Crippen molar-refractivity contribution in [2.45, 2.75) is 5.51 Å². The summed E-state index contributed by atoms with van der Waals surface area (Å²) in [6, 6.07) is 6.76. The number of hydrogen-bond acceptors (Lipinski definition) is 6. The molecule has 2 amide bonds. The first-order valence-corrected chi connectivity index (χ1v) is 8.68. The molecule has 0 N–H and O–H groups in total. The number of nitrogens with zero attached hydrogens (tertiary/aromatic N) is 1. The fourth-order valence-electron chi connectivity index (χ4n) is 2.53. The van der Waals surface area contributed by atoms with Crippen molar-refractivity contribution in [3.8, 4) is 5.75 Å². The van der Waals surface area contributed by atoms with Gasteiger partial charge >= 0.3 is 15.6 Å². The van der Waals surface area contributed by atoms with E-state index in [0.717, 1.165) is 0 Å². The van der Waals surface area contributed by atoms with E-state index < -0.39 is 32.5 Å². The second-order valence-corrected chi connectivity index (χ2v) is 6.84. The van der Waals surface area contributed by atoms with Crippen LogP contribution in [0.5, 0.6) is 5.75 Å². The first-order valence-electron chi connectivity index (χ1n) is 7.27. The summed E-state index contributed by atoms with van der Waals surface area (Å²) < 4.78 is 69.3. The molecule has 0 spiro atoms. The fraction of sp³-hybridized carbons (Fsp3) is 0.125. The minimum absolute atomic E-state index is 0.123. The smallest absolute Gasteiger partial charge is 0.489 e. The lowest BCUT2D eigenvalue weighted by molar-refractivity contribution is -0.0761. The van der Waals surface area contributed by atoms with Crippen molar-refractivity contribution in [2.75, 3.05) is 6.61 Å². The van der Waals surface area contributed by atoms with Gasteiger partial charge < -0.3 is 4.74 Å². The van der Waals surface area contributed by atoms with Gasteiger partial charge in [-0.25, -0.2) is 0 Å². The van der Waals surface area contributed by atoms with Gasteiger partial charge in [-0.05, 0) is 18.2 Å². The van der Waals surface area contributed by atoms with Crippen molar-refractivity contribution in [3.63, 3.8) is 0 Å². The molecule has 2 aromatic rings. The Bertz CT molecular complexity index is 1060. The van der Waals surface area contributed by atoms with Crippen LogP contribution in [-0.2, 0) is 14.4 Å². The van der Waals surface area contributed by atoms with Gasteiger partial charge in [0.05, 0.1) is 11.1 Å². The highest BCUT2D eigenvalue weighted by molar-refractivity contribution is 7.87. The predicted octanol–water partition coefficient (Wildman–Crippen LogP) is 2.78. The van der Waals surface area contributed by atoms with Crippen LogP contribution >= 0.6 is 0 Å². The number of rotatable bonds is 5. The second-order valence-electron chi connectivity index (χ2n) is 5.32. The Hall–Kier alpha value is -2.92. The number of carbonyl (C=O) groups excluding carboxylic acids is 2. The van der Waals surface area contributed by atoms with Gasteiger partial charge in [-0.15, -0.1) is 9.35 Å². The highest BCUT2D eigenvalue weighted by Gasteiger charge is 2.51. The second kappa shape index (κ2) is 6.35. The van der Waals surface area contributed by atoms with Crippen LogP contribution in [0.4, 0.5) is 13.2 Å². The molecule has 0 aliphatic carbocycles. The largest absolute Gasteiger partial charge is 0.525 e. The number of carbonyl (C=O) groups is 2. The summed E-state index contributed by atoms with van der Waals surface area (Å²) in [4.78, 5) is 24.9. The maximum atomic E-state index is 12.6. The lowest BCUT2D eigenvalue weighted by atomic mass is 9.94. The van der Waals surface area contributed by atoms with E-state index in [9.17, 15) is 31.2 Å². The molecule has 0 atom stereocenters. The Kier molecular flexibility index (Phi) is 4.44. The maximum Gasteiger partial charge on any atom is 0.525 e. The molecule has 2 aromatic carbocycles. The van der Waals surface area contributed by atoms with E-state index >= 15 is 0 Å². The zero-order chi connectivity index (χ0) is 20.0. The van der Waals surface area contributed by atoms with Gasteiger partial charge in [0.1, 0.15) is 12.4 Å². The van der Waals surface area contributed by atoms with Gasteiger partial charge in [0.2, 0.25) is 0 Å². The molecule has 0 aromatic heterocycles. The van der Waals surface area contributed by atoms with Crippen LogP contribution in [0.3, 0.4) is 0 Å². The topological polar surface area (TPSA) is 90.0 Å². The van der Waals surface area contributed by atoms with Crippen LogP contribution < -0.4 is 4.74 Å². The third-order valence-corrected chi connectivity index (χ3v) is 4.56. The van der Waals surface area contributed by atoms with Crippen molar-refractivity contribution < 1.29 is 40.2 Å². The van der Waals surface area contributed by atoms with Crippen molar-refractivity contribution in [1.82, 2.24) is 5.06 Å². The molecule has 11 heteroatoms. The number of benzene rings is 2. The summed E-state index contributed by atoms with van der Waals surface area (Å²) in [5, 5.41) is 0.0645. The van der Waals surface area contributed by atoms with E-state index in [1.165, 1.54) is 30.3 Å². The van der Waals surface area contributed by atoms with Crippen molar-refractivity contribution in [2.24, 2.45) is 0 Å². The van der Waals surface area contributed by atoms with Crippen molar-refractivity contribution in [1.29, 1.82) is 0 Å². The molecule has 0 saturated carbocycles. The normalized spacial score (nSPS) is 14.6. The molecule has 1 aliphatic rings. The van der Waals surface area contributed by atoms with E-state index in [-0.39, 0.29) is 23.1 Å². The van der Waals surface area contributed by atoms with E-state index in [0.29, 0.717) is 11.1 Å². The van der Waals surface area contributed by atoms with Crippen LogP contribution in [0.25, 0.3) is 10.8 Å². The molecule has 0 bridgehead atoms. The number of hydroxylamine groups is 2. The third-order valence-electron chi connectivity index (χ3n) is 3.64. The highest BCUT2D eigenvalue weighted by atomic mass is 32.2. The predicted molar refractivity (Wildman–Crippen MR) is 86.2 cm³/mol. The number of ether oxygens (including phenoxy) is 1. The zero-order valence-corrected chi connectivity index (χ0v) is 14.1. The van der Waals surface area contributed by atoms with Crippen LogP contribution in [0.1, 0.15) is 20.7 Å². The Morgan fingerprint density at radius 1 is 1.07 bits per heavy atom. The molecule has 0 fully saturated rings. The first kappa shape index (κ1) is 18.9. The van der Waals surface area contributed by atoms with Crippen molar-refractivity contribution in [3.05, 3.63) is 54.1 Å². The summed E-state index contributed by atoms with van der Waals surface area (Å²) in [6.07, 6.45) is 1.48. The molecule has 1 heterocycles. The van der Waals surface area contributed by atoms with E-state index in [2.05, 4.69) is 10.9 Å². The van der Waals surface area contributed by atoms with E-state index in [4.69, 9.17) is 4.74 Å². The minimum atomic E-state index is -6.21. The molecule has 0 unspecified atom stereocenters. The summed E-state index contributed by atoms with van der Waals surface area (Å²) in [5.41, 5.74) is -6.21. The van der Waals surface area contributed by atoms with Gasteiger partial charge in [0, 0.05) is 10.8 Å². The average Bonchev–Trinajstić information content (AvgIpc) is 2.60. The standard InChI is InChI=1S/C16H10F3NO6S/c1-2-8-25-12-7-6-11-13-9(12)4-3-5-10(13)14(21)20(15(11)22)26-27(23,24)16(17,18)19/h2-7H,1,8H2. The molecule has 27 heavy (non-hydrogen) atoms. The van der Waals surface area contributed by atoms with Gasteiger partial charge in [-0.2, -0.15) is 21.6 Å². The monoisotopic (exact) mass is 401 g/mol. The van der Waals surface area contributed by atoms with Gasteiger partial charge in [-0.1, -0.05) is 24.8 Å². The number of hydrogen-bond donors (Lipinski definition) is 0. The lowest BCUT2D eigenvalue weighted by Gasteiger charge is -2.26. The molecule has 3 rings (SSSR count). The van der Waals surface area contributed by atoms with Gasteiger partial charge in [0.25, 0.3) is 11.8 Å². The average molecular weight is 401 g/mol. The molecular formula is C16H10F3NO6S. The summed E-state index contributed by atoms with van der Waals surface area (Å²) in [6.45, 7) is 3.64. The molecule has 0 radical (unpaired) electrons. The van der Waals surface area contributed by atoms with Crippen LogP contribution in [-0.4, -0.2) is 37.4 Å². The molecule has 1 aliphatic heterocycles. The molecule has 0 saturated heterocycles. The Balaban J connectivity index is 2.13. The number of alkyl halides is 3. The number of imide groups is 1. The number of halogens is 3. The summed E-state index contributed by atoms with van der Waals surface area (Å²) >= 11 is 0. The quantitative estimate of drug-likeness (QED) is 0.435. The lowest BCUT2D eigenvalue weighted by Crippen LogP contribution is -2.44. The minimum Gasteiger partial charge on any atom is -0.489 e. The SMILES string of the molecule is C=CCOc1ccc2c3c(cccc13)C(=O)N(OS(=O)(=O)C(F)(F)F)C2=O.